The van der Waals surface area contributed by atoms with Crippen LogP contribution in [0.3, 0.4) is 0 Å². The number of para-hydroxylation sites is 2. The van der Waals surface area contributed by atoms with E-state index in [-0.39, 0.29) is 5.69 Å². The van der Waals surface area contributed by atoms with E-state index in [2.05, 4.69) is 10.1 Å². The Bertz CT molecular complexity index is 471. The van der Waals surface area contributed by atoms with Gasteiger partial charge in [0.15, 0.2) is 5.75 Å². The van der Waals surface area contributed by atoms with Crippen LogP contribution >= 0.6 is 0 Å². The first kappa shape index (κ1) is 16.3. The zero-order chi connectivity index (χ0) is 15.4. The van der Waals surface area contributed by atoms with Crippen molar-refractivity contribution in [1.82, 2.24) is 0 Å². The summed E-state index contributed by atoms with van der Waals surface area (Å²) >= 11 is 0. The van der Waals surface area contributed by atoms with Gasteiger partial charge in [0.05, 0.1) is 11.2 Å². The van der Waals surface area contributed by atoms with Crippen molar-refractivity contribution in [2.24, 2.45) is 5.73 Å². The van der Waals surface area contributed by atoms with Crippen molar-refractivity contribution >= 4 is 11.6 Å². The van der Waals surface area contributed by atoms with Crippen molar-refractivity contribution < 1.29 is 22.7 Å². The molecule has 4 nitrogen and oxygen atoms in total. The summed E-state index contributed by atoms with van der Waals surface area (Å²) in [5, 5.41) is 2.39. The third kappa shape index (κ3) is 4.12. The van der Waals surface area contributed by atoms with Crippen LogP contribution in [-0.2, 0) is 4.79 Å². The van der Waals surface area contributed by atoms with Crippen LogP contribution in [-0.4, -0.2) is 17.8 Å². The molecule has 0 aromatic heterocycles. The molecule has 112 valence electrons. The summed E-state index contributed by atoms with van der Waals surface area (Å²) in [6.07, 6.45) is -4.08. The molecule has 0 aliphatic carbocycles. The minimum absolute atomic E-state index is 0.0634. The number of hydrogen-bond acceptors (Lipinski definition) is 3. The average Bonchev–Trinajstić information content (AvgIpc) is 2.38. The fraction of sp³-hybridized carbons (Fsp3) is 0.462. The van der Waals surface area contributed by atoms with Gasteiger partial charge in [0, 0.05) is 0 Å². The number of halogens is 3. The standard InChI is InChI=1S/C13H17F3N2O2/c1-3-12(17,4-2)11(19)18-9-7-5-6-8-10(9)20-13(14,15)16/h5-8H,3-4,17H2,1-2H3,(H,18,19). The molecule has 0 saturated carbocycles. The maximum absolute atomic E-state index is 12.3. The van der Waals surface area contributed by atoms with Crippen LogP contribution in [0.4, 0.5) is 18.9 Å². The normalized spacial score (nSPS) is 12.1. The second kappa shape index (κ2) is 6.13. The number of benzene rings is 1. The second-order valence-electron chi connectivity index (χ2n) is 4.36. The molecule has 0 radical (unpaired) electrons. The van der Waals surface area contributed by atoms with E-state index in [0.717, 1.165) is 6.07 Å². The lowest BCUT2D eigenvalue weighted by atomic mass is 9.93. The summed E-state index contributed by atoms with van der Waals surface area (Å²) in [5.41, 5.74) is 4.71. The number of nitrogens with one attached hydrogen (secondary N) is 1. The number of rotatable bonds is 5. The van der Waals surface area contributed by atoms with Gasteiger partial charge in [-0.05, 0) is 25.0 Å². The molecule has 1 aromatic rings. The van der Waals surface area contributed by atoms with Gasteiger partial charge in [-0.3, -0.25) is 4.79 Å². The zero-order valence-electron chi connectivity index (χ0n) is 11.3. The summed E-state index contributed by atoms with van der Waals surface area (Å²) < 4.78 is 40.7. The highest BCUT2D eigenvalue weighted by Gasteiger charge is 2.34. The van der Waals surface area contributed by atoms with Crippen LogP contribution in [0.25, 0.3) is 0 Å². The van der Waals surface area contributed by atoms with Gasteiger partial charge < -0.3 is 15.8 Å². The molecule has 0 saturated heterocycles. The molecule has 0 aliphatic heterocycles. The summed E-state index contributed by atoms with van der Waals surface area (Å²) in [5.74, 6) is -1.01. The van der Waals surface area contributed by atoms with Gasteiger partial charge in [0.25, 0.3) is 0 Å². The zero-order valence-corrected chi connectivity index (χ0v) is 11.3. The van der Waals surface area contributed by atoms with Crippen molar-refractivity contribution in [3.63, 3.8) is 0 Å². The molecule has 0 atom stereocenters. The fourth-order valence-electron chi connectivity index (χ4n) is 1.60. The molecular formula is C13H17F3N2O2. The highest BCUT2D eigenvalue weighted by atomic mass is 19.4. The molecule has 1 aromatic carbocycles. The first-order valence-corrected chi connectivity index (χ1v) is 6.17. The van der Waals surface area contributed by atoms with Crippen LogP contribution in [0.5, 0.6) is 5.75 Å². The third-order valence-electron chi connectivity index (χ3n) is 3.07. The van der Waals surface area contributed by atoms with Gasteiger partial charge in [0.1, 0.15) is 0 Å². The van der Waals surface area contributed by atoms with Gasteiger partial charge in [0.2, 0.25) is 5.91 Å². The van der Waals surface area contributed by atoms with Crippen LogP contribution in [0.2, 0.25) is 0 Å². The first-order valence-electron chi connectivity index (χ1n) is 6.17. The minimum atomic E-state index is -4.82. The van der Waals surface area contributed by atoms with Crippen LogP contribution < -0.4 is 15.8 Å². The highest BCUT2D eigenvalue weighted by molar-refractivity contribution is 5.98. The molecule has 20 heavy (non-hydrogen) atoms. The summed E-state index contributed by atoms with van der Waals surface area (Å²) in [4.78, 5) is 12.0. The molecule has 1 rings (SSSR count). The van der Waals surface area contributed by atoms with E-state index >= 15 is 0 Å². The van der Waals surface area contributed by atoms with Crippen LogP contribution in [0, 0.1) is 0 Å². The summed E-state index contributed by atoms with van der Waals surface area (Å²) in [6, 6.07) is 5.32. The monoisotopic (exact) mass is 290 g/mol. The Hall–Kier alpha value is -1.76. The quantitative estimate of drug-likeness (QED) is 0.876. The lowest BCUT2D eigenvalue weighted by molar-refractivity contribution is -0.274. The number of anilines is 1. The van der Waals surface area contributed by atoms with Gasteiger partial charge >= 0.3 is 6.36 Å². The molecule has 0 heterocycles. The molecule has 0 bridgehead atoms. The molecule has 3 N–H and O–H groups in total. The molecule has 0 aliphatic rings. The summed E-state index contributed by atoms with van der Waals surface area (Å²) in [7, 11) is 0. The van der Waals surface area contributed by atoms with Gasteiger partial charge in [-0.15, -0.1) is 13.2 Å². The van der Waals surface area contributed by atoms with Crippen molar-refractivity contribution in [3.8, 4) is 5.75 Å². The largest absolute Gasteiger partial charge is 0.573 e. The van der Waals surface area contributed by atoms with E-state index < -0.39 is 23.6 Å². The molecule has 1 amide bonds. The molecular weight excluding hydrogens is 273 g/mol. The van der Waals surface area contributed by atoms with E-state index in [0.29, 0.717) is 12.8 Å². The Kier molecular flexibility index (Phi) is 4.99. The van der Waals surface area contributed by atoms with Crippen LogP contribution in [0.15, 0.2) is 24.3 Å². The molecule has 0 fully saturated rings. The van der Waals surface area contributed by atoms with Crippen molar-refractivity contribution in [1.29, 1.82) is 0 Å². The first-order chi connectivity index (χ1) is 9.22. The predicted octanol–water partition coefficient (Wildman–Crippen LogP) is 3.04. The number of carbonyl (C=O) groups excluding carboxylic acids is 1. The number of nitrogens with two attached hydrogens (primary N) is 1. The second-order valence-corrected chi connectivity index (χ2v) is 4.36. The lowest BCUT2D eigenvalue weighted by Gasteiger charge is -2.25. The maximum Gasteiger partial charge on any atom is 0.573 e. The smallest absolute Gasteiger partial charge is 0.404 e. The van der Waals surface area contributed by atoms with Gasteiger partial charge in [-0.1, -0.05) is 26.0 Å². The SMILES string of the molecule is CCC(N)(CC)C(=O)Nc1ccccc1OC(F)(F)F. The van der Waals surface area contributed by atoms with E-state index in [1.54, 1.807) is 13.8 Å². The van der Waals surface area contributed by atoms with E-state index in [9.17, 15) is 18.0 Å². The molecule has 0 unspecified atom stereocenters. The number of ether oxygens (including phenoxy) is 1. The van der Waals surface area contributed by atoms with Crippen molar-refractivity contribution in [2.45, 2.75) is 38.6 Å². The van der Waals surface area contributed by atoms with E-state index in [1.807, 2.05) is 0 Å². The Labute approximate surface area is 115 Å². The van der Waals surface area contributed by atoms with E-state index in [1.165, 1.54) is 18.2 Å². The van der Waals surface area contributed by atoms with E-state index in [4.69, 9.17) is 5.73 Å². The van der Waals surface area contributed by atoms with Crippen LogP contribution in [0.1, 0.15) is 26.7 Å². The number of alkyl halides is 3. The van der Waals surface area contributed by atoms with Crippen molar-refractivity contribution in [3.05, 3.63) is 24.3 Å². The Morgan fingerprint density at radius 3 is 2.30 bits per heavy atom. The highest BCUT2D eigenvalue weighted by Crippen LogP contribution is 2.30. The number of carbonyl (C=O) groups is 1. The third-order valence-corrected chi connectivity index (χ3v) is 3.07. The Balaban J connectivity index is 2.96. The van der Waals surface area contributed by atoms with Gasteiger partial charge in [-0.2, -0.15) is 0 Å². The number of amides is 1. The topological polar surface area (TPSA) is 64.4 Å². The summed E-state index contributed by atoms with van der Waals surface area (Å²) in [6.45, 7) is 3.47. The predicted molar refractivity (Wildman–Crippen MR) is 69.3 cm³/mol. The molecule has 0 spiro atoms. The molecule has 7 heteroatoms. The fourth-order valence-corrected chi connectivity index (χ4v) is 1.60. The minimum Gasteiger partial charge on any atom is -0.404 e. The number of hydrogen-bond donors (Lipinski definition) is 2. The maximum atomic E-state index is 12.3. The lowest BCUT2D eigenvalue weighted by Crippen LogP contribution is -2.50. The Morgan fingerprint density at radius 1 is 1.25 bits per heavy atom. The van der Waals surface area contributed by atoms with Gasteiger partial charge in [-0.25, -0.2) is 0 Å². The Morgan fingerprint density at radius 2 is 1.80 bits per heavy atom. The average molecular weight is 290 g/mol. The van der Waals surface area contributed by atoms with Crippen molar-refractivity contribution in [2.75, 3.05) is 5.32 Å².